The number of rotatable bonds is 0. The number of fused-ring (bicyclic) bond motifs is 8. The molecule has 0 radical (unpaired) electrons. The fraction of sp³-hybridized carbons (Fsp3) is 0.0909. The van der Waals surface area contributed by atoms with E-state index >= 15 is 0 Å². The summed E-state index contributed by atoms with van der Waals surface area (Å²) in [7, 11) is 0. The van der Waals surface area contributed by atoms with E-state index in [0.29, 0.717) is 29.9 Å². The molecule has 16 heteroatoms. The summed E-state index contributed by atoms with van der Waals surface area (Å²) in [6.45, 7) is 15.8. The third-order valence-corrected chi connectivity index (χ3v) is 20.7. The largest absolute Gasteiger partial charge is 0.207 e. The summed E-state index contributed by atoms with van der Waals surface area (Å²) in [5, 5.41) is 17.0. The van der Waals surface area contributed by atoms with Crippen LogP contribution in [0.3, 0.4) is 0 Å². The molecule has 0 saturated heterocycles. The Morgan fingerprint density at radius 1 is 0.183 bits per heavy atom. The van der Waals surface area contributed by atoms with Crippen LogP contribution in [-0.4, -0.2) is 0 Å². The topological polar surface area (TPSA) is 0 Å². The number of aryl methyl sites for hydroxylation is 8. The molecular weight excluding hydrogens is 1670 g/mol. The fourth-order valence-electron chi connectivity index (χ4n) is 10.9. The van der Waals surface area contributed by atoms with Gasteiger partial charge < -0.3 is 0 Å². The molecule has 0 atom stereocenters. The van der Waals surface area contributed by atoms with Crippen LogP contribution in [-0.2, 0) is 0 Å². The van der Waals surface area contributed by atoms with Gasteiger partial charge in [-0.05, 0) is 320 Å². The van der Waals surface area contributed by atoms with E-state index in [1.807, 2.05) is 138 Å². The molecular formula is C88H64Br4Cl4F8. The highest BCUT2D eigenvalue weighted by molar-refractivity contribution is 9.13. The van der Waals surface area contributed by atoms with E-state index in [1.54, 1.807) is 61.5 Å². The van der Waals surface area contributed by atoms with Crippen LogP contribution in [0.2, 0.25) is 20.1 Å². The van der Waals surface area contributed by atoms with Crippen molar-refractivity contribution in [1.82, 2.24) is 0 Å². The van der Waals surface area contributed by atoms with Gasteiger partial charge in [0.15, 0.2) is 11.6 Å². The molecule has 16 rings (SSSR count). The van der Waals surface area contributed by atoms with Crippen LogP contribution in [0.15, 0.2) is 261 Å². The quantitative estimate of drug-likeness (QED) is 0.133. The van der Waals surface area contributed by atoms with Gasteiger partial charge in [0.25, 0.3) is 0 Å². The Morgan fingerprint density at radius 3 is 0.788 bits per heavy atom. The van der Waals surface area contributed by atoms with Crippen LogP contribution in [0.1, 0.15) is 44.5 Å². The lowest BCUT2D eigenvalue weighted by molar-refractivity contribution is 0.511. The van der Waals surface area contributed by atoms with E-state index in [1.165, 1.54) is 69.9 Å². The highest BCUT2D eigenvalue weighted by Crippen LogP contribution is 2.33. The molecule has 0 amide bonds. The summed E-state index contributed by atoms with van der Waals surface area (Å²) >= 11 is 36.4. The molecule has 0 spiro atoms. The van der Waals surface area contributed by atoms with Gasteiger partial charge in [-0.1, -0.05) is 219 Å². The van der Waals surface area contributed by atoms with Crippen molar-refractivity contribution in [3.63, 3.8) is 0 Å². The average Bonchev–Trinajstić information content (AvgIpc) is 0.889. The lowest BCUT2D eigenvalue weighted by Crippen LogP contribution is -1.84. The minimum Gasteiger partial charge on any atom is -0.207 e. The number of halogens is 16. The zero-order chi connectivity index (χ0) is 75.4. The van der Waals surface area contributed by atoms with E-state index in [-0.39, 0.29) is 44.9 Å². The van der Waals surface area contributed by atoms with Crippen LogP contribution in [0.25, 0.3) is 86.2 Å². The normalized spacial score (nSPS) is 10.7. The third kappa shape index (κ3) is 22.1. The third-order valence-electron chi connectivity index (χ3n) is 16.3. The summed E-state index contributed by atoms with van der Waals surface area (Å²) in [5.74, 6) is -3.37. The van der Waals surface area contributed by atoms with Gasteiger partial charge in [-0.25, -0.2) is 35.1 Å². The first-order valence-corrected chi connectivity index (χ1v) is 36.8. The first kappa shape index (κ1) is 80.2. The van der Waals surface area contributed by atoms with Crippen molar-refractivity contribution in [2.24, 2.45) is 0 Å². The first-order valence-electron chi connectivity index (χ1n) is 32.2. The molecule has 0 aliphatic heterocycles. The summed E-state index contributed by atoms with van der Waals surface area (Å²) in [6, 6.07) is 72.6. The molecule has 16 aromatic carbocycles. The van der Waals surface area contributed by atoms with Crippen molar-refractivity contribution in [3.8, 4) is 0 Å². The van der Waals surface area contributed by atoms with Crippen molar-refractivity contribution in [1.29, 1.82) is 0 Å². The second kappa shape index (κ2) is 36.4. The van der Waals surface area contributed by atoms with Crippen molar-refractivity contribution >= 4 is 196 Å². The molecule has 104 heavy (non-hydrogen) atoms. The van der Waals surface area contributed by atoms with E-state index < -0.39 is 11.6 Å². The van der Waals surface area contributed by atoms with Gasteiger partial charge in [0.2, 0.25) is 0 Å². The first-order chi connectivity index (χ1) is 49.3. The second-order valence-corrected chi connectivity index (χ2v) is 30.0. The summed E-state index contributed by atoms with van der Waals surface area (Å²) in [4.78, 5) is 0. The number of hydrogen-bond acceptors (Lipinski definition) is 0. The van der Waals surface area contributed by atoms with Crippen molar-refractivity contribution in [2.75, 3.05) is 0 Å². The van der Waals surface area contributed by atoms with Gasteiger partial charge in [0.05, 0.1) is 29.0 Å². The lowest BCUT2D eigenvalue weighted by atomic mass is 10.1. The highest BCUT2D eigenvalue weighted by atomic mass is 79.9. The molecule has 0 N–H and O–H groups in total. The molecule has 528 valence electrons. The Balaban J connectivity index is 0.000000138. The van der Waals surface area contributed by atoms with Crippen LogP contribution in [0, 0.1) is 102 Å². The SMILES string of the molecule is Cc1cc2ccc(F)cc2cc1F.Cc1ccc2cc(Br)c(Br)cc2c1.Cc1ccc2cc(Br)c(F)cc2c1.Cc1ccc2cc(Cl)c(Cl)cc2c1.Cc1ccc2cc(Cl)c(F)cc2c1.Cc1ccc2cc(F)c(Br)cc2c1.Cc1ccc2cc(F)c(Cl)cc2c1.Cc1ccc2cc(F)c(F)cc2c1. The molecule has 0 fully saturated rings. The zero-order valence-electron chi connectivity index (χ0n) is 57.1. The molecule has 0 saturated carbocycles. The van der Waals surface area contributed by atoms with Gasteiger partial charge in [-0.2, -0.15) is 0 Å². The van der Waals surface area contributed by atoms with E-state index in [4.69, 9.17) is 46.4 Å². The van der Waals surface area contributed by atoms with Gasteiger partial charge in [0, 0.05) is 8.95 Å². The molecule has 0 nitrogen and oxygen atoms in total. The predicted octanol–water partition coefficient (Wildman–Crippen LogP) is 32.0. The van der Waals surface area contributed by atoms with Crippen LogP contribution >= 0.6 is 110 Å². The Kier molecular flexibility index (Phi) is 28.1. The molecule has 0 aromatic heterocycles. The minimum atomic E-state index is -0.795. The van der Waals surface area contributed by atoms with Gasteiger partial charge >= 0.3 is 0 Å². The Morgan fingerprint density at radius 2 is 0.394 bits per heavy atom. The monoisotopic (exact) mass is 1730 g/mol. The second-order valence-electron chi connectivity index (χ2n) is 24.9. The van der Waals surface area contributed by atoms with Crippen LogP contribution in [0.4, 0.5) is 35.1 Å². The maximum Gasteiger partial charge on any atom is 0.159 e. The van der Waals surface area contributed by atoms with Crippen LogP contribution < -0.4 is 0 Å². The lowest BCUT2D eigenvalue weighted by Gasteiger charge is -2.02. The maximum absolute atomic E-state index is 13.1. The minimum absolute atomic E-state index is 0.177. The summed E-state index contributed by atoms with van der Waals surface area (Å²) in [5.41, 5.74) is 8.75. The van der Waals surface area contributed by atoms with Gasteiger partial charge in [-0.3, -0.25) is 0 Å². The van der Waals surface area contributed by atoms with Gasteiger partial charge in [0.1, 0.15) is 34.9 Å². The van der Waals surface area contributed by atoms with E-state index in [9.17, 15) is 35.1 Å². The molecule has 0 bridgehead atoms. The van der Waals surface area contributed by atoms with E-state index in [2.05, 4.69) is 120 Å². The molecule has 0 heterocycles. The number of hydrogen-bond donors (Lipinski definition) is 0. The summed E-state index contributed by atoms with van der Waals surface area (Å²) in [6.07, 6.45) is 0. The molecule has 0 unspecified atom stereocenters. The zero-order valence-corrected chi connectivity index (χ0v) is 66.5. The molecule has 0 aliphatic rings. The van der Waals surface area contributed by atoms with Crippen molar-refractivity contribution < 1.29 is 35.1 Å². The fourth-order valence-corrected chi connectivity index (χ4v) is 13.0. The number of benzene rings is 16. The average molecular weight is 1730 g/mol. The standard InChI is InChI=1S/C11H8Br2.2C11H8BrF.C11H8Cl2.2C11H8ClF.2C11H8F2/c1-7-2-3-8-5-10(12)11(13)6-9(8)4-7;1-7-2-3-8-6-11(13)10(12)5-9(8)4-7;2*1-7-2-3-8-5-10(12)11(13)6-9(8)4-7;1-7-2-3-8-6-11(13)10(12)5-9(8)4-7;1-7-2-3-8-5-10(12)11(13)6-9(8)4-7;1-7-4-8-2-3-10(12)5-9(8)6-11(7)13;1-7-2-3-8-5-10(12)11(13)6-9(8)4-7/h8*2-6H,1H3. The Hall–Kier alpha value is -7.88. The molecule has 0 aliphatic carbocycles. The smallest absolute Gasteiger partial charge is 0.159 e. The summed E-state index contributed by atoms with van der Waals surface area (Å²) < 4.78 is 107. The Labute approximate surface area is 652 Å². The van der Waals surface area contributed by atoms with Crippen LogP contribution in [0.5, 0.6) is 0 Å². The van der Waals surface area contributed by atoms with Crippen molar-refractivity contribution in [2.45, 2.75) is 55.4 Å². The highest BCUT2D eigenvalue weighted by Gasteiger charge is 2.09. The Bertz CT molecular complexity index is 4780. The predicted molar refractivity (Wildman–Crippen MR) is 440 cm³/mol. The van der Waals surface area contributed by atoms with Gasteiger partial charge in [-0.15, -0.1) is 0 Å². The maximum atomic E-state index is 13.1. The molecule has 16 aromatic rings. The van der Waals surface area contributed by atoms with E-state index in [0.717, 1.165) is 101 Å². The van der Waals surface area contributed by atoms with Crippen molar-refractivity contribution in [3.05, 3.63) is 372 Å².